The lowest BCUT2D eigenvalue weighted by molar-refractivity contribution is 0.144. The second kappa shape index (κ2) is 6.03. The van der Waals surface area contributed by atoms with Crippen molar-refractivity contribution in [1.29, 1.82) is 0 Å². The Kier molecular flexibility index (Phi) is 4.40. The molecule has 1 aliphatic rings. The van der Waals surface area contributed by atoms with Crippen molar-refractivity contribution in [2.75, 3.05) is 25.5 Å². The van der Waals surface area contributed by atoms with Crippen molar-refractivity contribution in [3.05, 3.63) is 29.3 Å². The van der Waals surface area contributed by atoms with Gasteiger partial charge in [-0.2, -0.15) is 0 Å². The molecule has 1 unspecified atom stereocenters. The molecule has 0 bridgehead atoms. The third-order valence-corrected chi connectivity index (χ3v) is 3.31. The maximum absolute atomic E-state index is 5.79. The number of rotatable bonds is 6. The van der Waals surface area contributed by atoms with Gasteiger partial charge in [0.2, 0.25) is 0 Å². The molecule has 3 heteroatoms. The molecule has 0 radical (unpaired) electrons. The number of hydrogen-bond donors (Lipinski definition) is 2. The Bertz CT molecular complexity index is 365. The van der Waals surface area contributed by atoms with E-state index in [-0.39, 0.29) is 0 Å². The lowest BCUT2D eigenvalue weighted by Crippen LogP contribution is -2.21. The zero-order valence-corrected chi connectivity index (χ0v) is 10.5. The second-order valence-corrected chi connectivity index (χ2v) is 4.55. The third kappa shape index (κ3) is 3.20. The fourth-order valence-electron chi connectivity index (χ4n) is 2.44. The van der Waals surface area contributed by atoms with E-state index in [0.29, 0.717) is 6.04 Å². The van der Waals surface area contributed by atoms with Crippen molar-refractivity contribution >= 4 is 5.69 Å². The van der Waals surface area contributed by atoms with Gasteiger partial charge in [0.1, 0.15) is 0 Å². The van der Waals surface area contributed by atoms with Crippen molar-refractivity contribution in [3.63, 3.8) is 0 Å². The van der Waals surface area contributed by atoms with E-state index in [1.165, 1.54) is 17.5 Å². The molecule has 3 nitrogen and oxygen atoms in total. The minimum atomic E-state index is 0.507. The van der Waals surface area contributed by atoms with Crippen LogP contribution in [0.25, 0.3) is 0 Å². The number of anilines is 1. The number of fused-ring (bicyclic) bond motifs is 1. The summed E-state index contributed by atoms with van der Waals surface area (Å²) in [5.74, 6) is 0. The lowest BCUT2D eigenvalue weighted by atomic mass is 10.1. The van der Waals surface area contributed by atoms with Gasteiger partial charge in [-0.3, -0.25) is 0 Å². The van der Waals surface area contributed by atoms with Gasteiger partial charge in [-0.25, -0.2) is 0 Å². The normalized spacial score (nSPS) is 18.3. The molecule has 0 saturated carbocycles. The summed E-state index contributed by atoms with van der Waals surface area (Å²) in [5.41, 5.74) is 9.51. The summed E-state index contributed by atoms with van der Waals surface area (Å²) in [6.07, 6.45) is 3.41. The highest BCUT2D eigenvalue weighted by Gasteiger charge is 2.21. The minimum absolute atomic E-state index is 0.507. The Morgan fingerprint density at radius 3 is 3.18 bits per heavy atom. The van der Waals surface area contributed by atoms with Gasteiger partial charge >= 0.3 is 0 Å². The van der Waals surface area contributed by atoms with Crippen molar-refractivity contribution in [2.24, 2.45) is 0 Å². The number of aryl methyl sites for hydroxylation is 1. The zero-order valence-electron chi connectivity index (χ0n) is 10.5. The average molecular weight is 234 g/mol. The highest BCUT2D eigenvalue weighted by Crippen LogP contribution is 2.32. The molecule has 1 aliphatic carbocycles. The Morgan fingerprint density at radius 1 is 1.47 bits per heavy atom. The molecule has 3 N–H and O–H groups in total. The van der Waals surface area contributed by atoms with E-state index in [2.05, 4.69) is 17.4 Å². The van der Waals surface area contributed by atoms with Gasteiger partial charge in [0.25, 0.3) is 0 Å². The lowest BCUT2D eigenvalue weighted by Gasteiger charge is -2.14. The maximum atomic E-state index is 5.79. The van der Waals surface area contributed by atoms with Gasteiger partial charge in [0.05, 0.1) is 0 Å². The fraction of sp³-hybridized carbons (Fsp3) is 0.571. The predicted molar refractivity (Wildman–Crippen MR) is 71.0 cm³/mol. The van der Waals surface area contributed by atoms with E-state index in [4.69, 9.17) is 10.5 Å². The Labute approximate surface area is 103 Å². The summed E-state index contributed by atoms with van der Waals surface area (Å²) in [6.45, 7) is 4.72. The molecule has 0 heterocycles. The van der Waals surface area contributed by atoms with Crippen LogP contribution >= 0.6 is 0 Å². The van der Waals surface area contributed by atoms with Crippen LogP contribution in [0.1, 0.15) is 36.9 Å². The van der Waals surface area contributed by atoms with E-state index < -0.39 is 0 Å². The topological polar surface area (TPSA) is 47.3 Å². The minimum Gasteiger partial charge on any atom is -0.399 e. The van der Waals surface area contributed by atoms with Crippen LogP contribution < -0.4 is 11.1 Å². The van der Waals surface area contributed by atoms with Crippen LogP contribution in [0.5, 0.6) is 0 Å². The number of nitrogens with one attached hydrogen (secondary N) is 1. The summed E-state index contributed by atoms with van der Waals surface area (Å²) < 4.78 is 5.33. The van der Waals surface area contributed by atoms with Crippen molar-refractivity contribution < 1.29 is 4.74 Å². The first-order valence-electron chi connectivity index (χ1n) is 6.50. The molecule has 0 spiro atoms. The van der Waals surface area contributed by atoms with Crippen molar-refractivity contribution in [3.8, 4) is 0 Å². The Balaban J connectivity index is 1.81. The van der Waals surface area contributed by atoms with Crippen LogP contribution in [0.2, 0.25) is 0 Å². The van der Waals surface area contributed by atoms with E-state index in [1.807, 2.05) is 13.0 Å². The third-order valence-electron chi connectivity index (χ3n) is 3.31. The molecular formula is C14H22N2O. The van der Waals surface area contributed by atoms with Crippen molar-refractivity contribution in [1.82, 2.24) is 5.32 Å². The monoisotopic (exact) mass is 234 g/mol. The van der Waals surface area contributed by atoms with Gasteiger partial charge in [-0.05, 0) is 56.0 Å². The van der Waals surface area contributed by atoms with Gasteiger partial charge in [-0.1, -0.05) is 6.07 Å². The number of hydrogen-bond acceptors (Lipinski definition) is 3. The molecule has 1 aromatic carbocycles. The summed E-state index contributed by atoms with van der Waals surface area (Å²) in [7, 11) is 0. The van der Waals surface area contributed by atoms with E-state index >= 15 is 0 Å². The molecule has 1 aromatic rings. The molecule has 1 atom stereocenters. The van der Waals surface area contributed by atoms with Gasteiger partial charge in [0.15, 0.2) is 0 Å². The van der Waals surface area contributed by atoms with E-state index in [9.17, 15) is 0 Å². The Hall–Kier alpha value is -1.06. The van der Waals surface area contributed by atoms with Gasteiger partial charge in [-0.15, -0.1) is 0 Å². The molecule has 0 fully saturated rings. The van der Waals surface area contributed by atoms with Crippen LogP contribution in [-0.2, 0) is 11.2 Å². The second-order valence-electron chi connectivity index (χ2n) is 4.55. The smallest absolute Gasteiger partial charge is 0.0477 e. The largest absolute Gasteiger partial charge is 0.399 e. The number of nitrogen functional groups attached to an aromatic ring is 1. The SMILES string of the molecule is CCOCCCNC1CCc2cc(N)ccc21. The van der Waals surface area contributed by atoms with E-state index in [1.54, 1.807) is 0 Å². The molecule has 0 aromatic heterocycles. The molecule has 0 aliphatic heterocycles. The fourth-order valence-corrected chi connectivity index (χ4v) is 2.44. The molecule has 2 rings (SSSR count). The Morgan fingerprint density at radius 2 is 2.35 bits per heavy atom. The first kappa shape index (κ1) is 12.4. The molecular weight excluding hydrogens is 212 g/mol. The zero-order chi connectivity index (χ0) is 12.1. The number of nitrogens with two attached hydrogens (primary N) is 1. The number of ether oxygens (including phenoxy) is 1. The average Bonchev–Trinajstić information content (AvgIpc) is 2.71. The summed E-state index contributed by atoms with van der Waals surface area (Å²) in [5, 5.41) is 3.60. The highest BCUT2D eigenvalue weighted by molar-refractivity contribution is 5.47. The summed E-state index contributed by atoms with van der Waals surface area (Å²) in [4.78, 5) is 0. The quantitative estimate of drug-likeness (QED) is 0.586. The first-order valence-corrected chi connectivity index (χ1v) is 6.50. The summed E-state index contributed by atoms with van der Waals surface area (Å²) in [6, 6.07) is 6.78. The molecule has 0 amide bonds. The predicted octanol–water partition coefficient (Wildman–Crippen LogP) is 2.27. The molecule has 17 heavy (non-hydrogen) atoms. The standard InChI is InChI=1S/C14H22N2O/c1-2-17-9-3-8-16-14-7-4-11-10-12(15)5-6-13(11)14/h5-6,10,14,16H,2-4,7-9,15H2,1H3. The van der Waals surface area contributed by atoms with Crippen LogP contribution in [0, 0.1) is 0 Å². The van der Waals surface area contributed by atoms with E-state index in [0.717, 1.165) is 38.3 Å². The van der Waals surface area contributed by atoms with Crippen LogP contribution in [0.4, 0.5) is 5.69 Å². The van der Waals surface area contributed by atoms with Crippen LogP contribution in [0.15, 0.2) is 18.2 Å². The summed E-state index contributed by atoms with van der Waals surface area (Å²) >= 11 is 0. The number of benzene rings is 1. The molecule has 94 valence electrons. The van der Waals surface area contributed by atoms with Gasteiger partial charge in [0, 0.05) is 24.9 Å². The molecule has 0 saturated heterocycles. The van der Waals surface area contributed by atoms with Crippen molar-refractivity contribution in [2.45, 2.75) is 32.2 Å². The first-order chi connectivity index (χ1) is 8.31. The maximum Gasteiger partial charge on any atom is 0.0477 e. The highest BCUT2D eigenvalue weighted by atomic mass is 16.5. The van der Waals surface area contributed by atoms with Crippen LogP contribution in [0.3, 0.4) is 0 Å². The van der Waals surface area contributed by atoms with Gasteiger partial charge < -0.3 is 15.8 Å². The van der Waals surface area contributed by atoms with Crippen LogP contribution in [-0.4, -0.2) is 19.8 Å².